The highest BCUT2D eigenvalue weighted by Gasteiger charge is 2.37. The summed E-state index contributed by atoms with van der Waals surface area (Å²) < 4.78 is 4.86. The first-order valence-corrected chi connectivity index (χ1v) is 11.9. The number of benzene rings is 2. The van der Waals surface area contributed by atoms with Crippen molar-refractivity contribution in [1.29, 1.82) is 0 Å². The maximum absolute atomic E-state index is 4.86. The highest BCUT2D eigenvalue weighted by Crippen LogP contribution is 2.46. The van der Waals surface area contributed by atoms with Crippen molar-refractivity contribution >= 4 is 0 Å². The summed E-state index contributed by atoms with van der Waals surface area (Å²) in [5.41, 5.74) is 7.08. The summed E-state index contributed by atoms with van der Waals surface area (Å²) in [5.74, 6) is 0. The Labute approximate surface area is 190 Å². The Morgan fingerprint density at radius 3 is 2.06 bits per heavy atom. The SMILES string of the molecule is CC1=CC(C)(C(C)(C)Cc2ccc(-c3ccc(C)cc3)cc2)C=CCC1.CCC1CO1. The minimum absolute atomic E-state index is 0.100. The maximum atomic E-state index is 4.86. The van der Waals surface area contributed by atoms with E-state index in [1.54, 1.807) is 0 Å². The molecule has 1 heteroatoms. The molecule has 1 aliphatic heterocycles. The molecule has 1 nitrogen and oxygen atoms in total. The van der Waals surface area contributed by atoms with E-state index >= 15 is 0 Å². The molecule has 2 aromatic carbocycles. The molecule has 0 amide bonds. The molecule has 166 valence electrons. The molecule has 4 rings (SSSR count). The Hall–Kier alpha value is -2.12. The lowest BCUT2D eigenvalue weighted by Gasteiger charge is -2.41. The molecule has 31 heavy (non-hydrogen) atoms. The zero-order chi connectivity index (χ0) is 22.5. The molecule has 0 bridgehead atoms. The van der Waals surface area contributed by atoms with E-state index in [1.807, 2.05) is 0 Å². The van der Waals surface area contributed by atoms with E-state index in [-0.39, 0.29) is 10.8 Å². The van der Waals surface area contributed by atoms with E-state index in [1.165, 1.54) is 47.1 Å². The number of hydrogen-bond donors (Lipinski definition) is 0. The molecule has 0 spiro atoms. The smallest absolute Gasteiger partial charge is 0.0807 e. The van der Waals surface area contributed by atoms with Gasteiger partial charge < -0.3 is 4.74 Å². The van der Waals surface area contributed by atoms with Crippen LogP contribution in [0.5, 0.6) is 0 Å². The normalized spacial score (nSPS) is 22.8. The number of rotatable bonds is 5. The van der Waals surface area contributed by atoms with Crippen molar-refractivity contribution in [3.05, 3.63) is 83.5 Å². The second-order valence-electron chi connectivity index (χ2n) is 10.2. The van der Waals surface area contributed by atoms with Crippen LogP contribution in [0.4, 0.5) is 0 Å². The van der Waals surface area contributed by atoms with Gasteiger partial charge in [0.2, 0.25) is 0 Å². The van der Waals surface area contributed by atoms with Crippen LogP contribution in [0.2, 0.25) is 0 Å². The summed E-state index contributed by atoms with van der Waals surface area (Å²) in [7, 11) is 0. The van der Waals surface area contributed by atoms with Crippen LogP contribution in [0.1, 0.15) is 65.0 Å². The van der Waals surface area contributed by atoms with Crippen molar-refractivity contribution in [3.63, 3.8) is 0 Å². The van der Waals surface area contributed by atoms with Crippen molar-refractivity contribution in [2.75, 3.05) is 6.61 Å². The van der Waals surface area contributed by atoms with Gasteiger partial charge in [-0.2, -0.15) is 0 Å². The largest absolute Gasteiger partial charge is 0.373 e. The molecule has 1 aliphatic carbocycles. The van der Waals surface area contributed by atoms with E-state index in [0.29, 0.717) is 6.10 Å². The lowest BCUT2D eigenvalue weighted by molar-refractivity contribution is 0.196. The summed E-state index contributed by atoms with van der Waals surface area (Å²) in [5, 5.41) is 0. The van der Waals surface area contributed by atoms with Crippen LogP contribution in [0.15, 0.2) is 72.3 Å². The van der Waals surface area contributed by atoms with E-state index in [4.69, 9.17) is 4.74 Å². The average molecular weight is 417 g/mol. The third kappa shape index (κ3) is 6.43. The van der Waals surface area contributed by atoms with Crippen molar-refractivity contribution in [2.24, 2.45) is 10.8 Å². The van der Waals surface area contributed by atoms with Crippen LogP contribution in [-0.2, 0) is 11.2 Å². The van der Waals surface area contributed by atoms with Gasteiger partial charge in [-0.3, -0.25) is 0 Å². The van der Waals surface area contributed by atoms with E-state index in [2.05, 4.69) is 108 Å². The Kier molecular flexibility index (Phi) is 7.59. The Bertz CT molecular complexity index is 894. The maximum Gasteiger partial charge on any atom is 0.0807 e. The number of epoxide rings is 1. The van der Waals surface area contributed by atoms with Crippen molar-refractivity contribution < 1.29 is 4.74 Å². The molecule has 0 aromatic heterocycles. The monoisotopic (exact) mass is 416 g/mol. The fourth-order valence-corrected chi connectivity index (χ4v) is 4.26. The number of allylic oxidation sites excluding steroid dienone is 4. The highest BCUT2D eigenvalue weighted by atomic mass is 16.6. The first-order chi connectivity index (χ1) is 14.7. The second kappa shape index (κ2) is 10.0. The lowest BCUT2D eigenvalue weighted by Crippen LogP contribution is -2.34. The summed E-state index contributed by atoms with van der Waals surface area (Å²) in [6.45, 7) is 14.7. The van der Waals surface area contributed by atoms with Crippen LogP contribution in [-0.4, -0.2) is 12.7 Å². The van der Waals surface area contributed by atoms with Crippen LogP contribution in [0, 0.1) is 17.8 Å². The van der Waals surface area contributed by atoms with Crippen LogP contribution < -0.4 is 0 Å². The molecule has 2 aromatic rings. The zero-order valence-electron chi connectivity index (χ0n) is 20.4. The topological polar surface area (TPSA) is 12.5 Å². The highest BCUT2D eigenvalue weighted by molar-refractivity contribution is 5.63. The molecular formula is C30H40O. The van der Waals surface area contributed by atoms with Gasteiger partial charge in [0.25, 0.3) is 0 Å². The van der Waals surface area contributed by atoms with Crippen molar-refractivity contribution in [2.45, 2.75) is 73.3 Å². The number of aryl methyl sites for hydroxylation is 1. The van der Waals surface area contributed by atoms with Crippen molar-refractivity contribution in [3.8, 4) is 11.1 Å². The molecule has 1 heterocycles. The average Bonchev–Trinajstić information content (AvgIpc) is 3.58. The predicted octanol–water partition coefficient (Wildman–Crippen LogP) is 8.33. The second-order valence-corrected chi connectivity index (χ2v) is 10.2. The molecule has 0 saturated carbocycles. The molecule has 1 saturated heterocycles. The van der Waals surface area contributed by atoms with Gasteiger partial charge in [0, 0.05) is 5.41 Å². The molecule has 0 radical (unpaired) electrons. The van der Waals surface area contributed by atoms with E-state index < -0.39 is 0 Å². The first kappa shape index (κ1) is 23.5. The van der Waals surface area contributed by atoms with Gasteiger partial charge in [-0.1, -0.05) is 106 Å². The Morgan fingerprint density at radius 2 is 1.55 bits per heavy atom. The number of hydrogen-bond acceptors (Lipinski definition) is 1. The summed E-state index contributed by atoms with van der Waals surface area (Å²) in [4.78, 5) is 0. The fraction of sp³-hybridized carbons (Fsp3) is 0.467. The Balaban J connectivity index is 0.000000478. The first-order valence-electron chi connectivity index (χ1n) is 11.9. The molecule has 0 N–H and O–H groups in total. The standard InChI is InChI=1S/C26H32.C4H8O/c1-20-9-13-23(14-10-20)24-15-11-22(12-16-24)19-25(3,4)26(5)17-7-6-8-21(2)18-26;1-2-4-3-5-4/h7,9-18H,6,8,19H2,1-5H3;4H,2-3H2,1H3. The summed E-state index contributed by atoms with van der Waals surface area (Å²) >= 11 is 0. The molecule has 2 atom stereocenters. The van der Waals surface area contributed by atoms with Gasteiger partial charge >= 0.3 is 0 Å². The third-order valence-corrected chi connectivity index (χ3v) is 7.02. The van der Waals surface area contributed by atoms with Gasteiger partial charge in [-0.05, 0) is 61.6 Å². The van der Waals surface area contributed by atoms with E-state index in [0.717, 1.165) is 13.0 Å². The van der Waals surface area contributed by atoms with Crippen LogP contribution in [0.25, 0.3) is 11.1 Å². The summed E-state index contributed by atoms with van der Waals surface area (Å²) in [6, 6.07) is 17.9. The predicted molar refractivity (Wildman–Crippen MR) is 134 cm³/mol. The fourth-order valence-electron chi connectivity index (χ4n) is 4.26. The van der Waals surface area contributed by atoms with E-state index in [9.17, 15) is 0 Å². The Morgan fingerprint density at radius 1 is 0.968 bits per heavy atom. The van der Waals surface area contributed by atoms with Gasteiger partial charge in [0.05, 0.1) is 12.7 Å². The van der Waals surface area contributed by atoms with Gasteiger partial charge in [0.1, 0.15) is 0 Å². The minimum atomic E-state index is 0.100. The molecule has 1 fully saturated rings. The molecule has 2 aliphatic rings. The third-order valence-electron chi connectivity index (χ3n) is 7.02. The molecule has 2 unspecified atom stereocenters. The quantitative estimate of drug-likeness (QED) is 0.352. The van der Waals surface area contributed by atoms with Crippen LogP contribution in [0.3, 0.4) is 0 Å². The number of ether oxygens (including phenoxy) is 1. The summed E-state index contributed by atoms with van der Waals surface area (Å²) in [6.07, 6.45) is 12.6. The van der Waals surface area contributed by atoms with Gasteiger partial charge in [0.15, 0.2) is 0 Å². The van der Waals surface area contributed by atoms with Gasteiger partial charge in [-0.15, -0.1) is 0 Å². The zero-order valence-corrected chi connectivity index (χ0v) is 20.4. The lowest BCUT2D eigenvalue weighted by atomic mass is 9.63. The van der Waals surface area contributed by atoms with Crippen LogP contribution >= 0.6 is 0 Å². The van der Waals surface area contributed by atoms with Crippen molar-refractivity contribution in [1.82, 2.24) is 0 Å². The van der Waals surface area contributed by atoms with Gasteiger partial charge in [-0.25, -0.2) is 0 Å². The minimum Gasteiger partial charge on any atom is -0.373 e. The molecular weight excluding hydrogens is 376 g/mol.